The van der Waals surface area contributed by atoms with E-state index in [0.717, 1.165) is 28.3 Å². The number of nitrogens with one attached hydrogen (secondary N) is 1. The van der Waals surface area contributed by atoms with Crippen LogP contribution in [0.1, 0.15) is 10.4 Å². The van der Waals surface area contributed by atoms with E-state index in [2.05, 4.69) is 10.3 Å². The fourth-order valence-electron chi connectivity index (χ4n) is 2.99. The number of imidazole rings is 1. The van der Waals surface area contributed by atoms with E-state index in [1.54, 1.807) is 0 Å². The van der Waals surface area contributed by atoms with Crippen molar-refractivity contribution in [1.82, 2.24) is 9.38 Å². The molecule has 0 spiro atoms. The van der Waals surface area contributed by atoms with Crippen molar-refractivity contribution >= 4 is 22.9 Å². The summed E-state index contributed by atoms with van der Waals surface area (Å²) in [7, 11) is 3.94. The average molecular weight is 356 g/mol. The predicted octanol–water partition coefficient (Wildman–Crippen LogP) is 4.32. The summed E-state index contributed by atoms with van der Waals surface area (Å²) >= 11 is 0. The molecule has 4 aromatic rings. The van der Waals surface area contributed by atoms with Crippen molar-refractivity contribution in [1.29, 1.82) is 0 Å². The fourth-order valence-corrected chi connectivity index (χ4v) is 2.99. The molecule has 0 unspecified atom stereocenters. The molecule has 5 heteroatoms. The Balaban J connectivity index is 1.64. The fraction of sp³-hybridized carbons (Fsp3) is 0.0909. The van der Waals surface area contributed by atoms with Gasteiger partial charge in [0.05, 0.1) is 11.4 Å². The summed E-state index contributed by atoms with van der Waals surface area (Å²) in [4.78, 5) is 19.4. The number of para-hydroxylation sites is 1. The number of hydrogen-bond acceptors (Lipinski definition) is 3. The van der Waals surface area contributed by atoms with Crippen LogP contribution in [0.15, 0.2) is 79.1 Å². The average Bonchev–Trinajstić information content (AvgIpc) is 3.12. The van der Waals surface area contributed by atoms with Crippen LogP contribution in [0.25, 0.3) is 16.9 Å². The van der Waals surface area contributed by atoms with Gasteiger partial charge in [0.15, 0.2) is 0 Å². The third-order valence-electron chi connectivity index (χ3n) is 4.46. The van der Waals surface area contributed by atoms with Gasteiger partial charge >= 0.3 is 0 Å². The lowest BCUT2D eigenvalue weighted by Gasteiger charge is -2.13. The number of aromatic nitrogens is 2. The van der Waals surface area contributed by atoms with E-state index in [0.29, 0.717) is 5.56 Å². The van der Waals surface area contributed by atoms with Gasteiger partial charge in [0.1, 0.15) is 5.65 Å². The van der Waals surface area contributed by atoms with Gasteiger partial charge in [-0.05, 0) is 42.5 Å². The van der Waals surface area contributed by atoms with Crippen molar-refractivity contribution in [2.45, 2.75) is 0 Å². The first-order valence-electron chi connectivity index (χ1n) is 8.74. The summed E-state index contributed by atoms with van der Waals surface area (Å²) in [5, 5.41) is 3.02. The van der Waals surface area contributed by atoms with Gasteiger partial charge in [0.2, 0.25) is 0 Å². The topological polar surface area (TPSA) is 49.6 Å². The van der Waals surface area contributed by atoms with E-state index < -0.39 is 0 Å². The number of fused-ring (bicyclic) bond motifs is 1. The van der Waals surface area contributed by atoms with Crippen LogP contribution >= 0.6 is 0 Å². The monoisotopic (exact) mass is 356 g/mol. The maximum absolute atomic E-state index is 12.7. The minimum absolute atomic E-state index is 0.142. The Hall–Kier alpha value is -3.60. The van der Waals surface area contributed by atoms with Gasteiger partial charge < -0.3 is 14.6 Å². The molecule has 0 bridgehead atoms. The summed E-state index contributed by atoms with van der Waals surface area (Å²) in [6.45, 7) is 0. The van der Waals surface area contributed by atoms with Gasteiger partial charge in [-0.15, -0.1) is 0 Å². The summed E-state index contributed by atoms with van der Waals surface area (Å²) < 4.78 is 1.97. The normalized spacial score (nSPS) is 10.7. The molecule has 0 saturated heterocycles. The van der Waals surface area contributed by atoms with E-state index >= 15 is 0 Å². The van der Waals surface area contributed by atoms with Crippen LogP contribution in [0.5, 0.6) is 0 Å². The molecule has 0 atom stereocenters. The maximum atomic E-state index is 12.7. The molecule has 2 heterocycles. The first-order chi connectivity index (χ1) is 13.1. The van der Waals surface area contributed by atoms with Crippen molar-refractivity contribution in [3.8, 4) is 11.3 Å². The van der Waals surface area contributed by atoms with Crippen molar-refractivity contribution in [2.24, 2.45) is 0 Å². The number of carbonyl (C=O) groups is 1. The zero-order valence-electron chi connectivity index (χ0n) is 15.3. The predicted molar refractivity (Wildman–Crippen MR) is 109 cm³/mol. The van der Waals surface area contributed by atoms with E-state index in [-0.39, 0.29) is 5.91 Å². The van der Waals surface area contributed by atoms with Crippen LogP contribution in [0.2, 0.25) is 0 Å². The Labute approximate surface area is 157 Å². The minimum Gasteiger partial charge on any atom is -0.378 e. The molecule has 0 saturated carbocycles. The molecular weight excluding hydrogens is 336 g/mol. The number of benzene rings is 2. The quantitative estimate of drug-likeness (QED) is 0.592. The van der Waals surface area contributed by atoms with Gasteiger partial charge in [0.25, 0.3) is 5.91 Å². The third-order valence-corrected chi connectivity index (χ3v) is 4.46. The summed E-state index contributed by atoms with van der Waals surface area (Å²) in [6, 6.07) is 21.1. The van der Waals surface area contributed by atoms with Gasteiger partial charge in [-0.3, -0.25) is 4.79 Å². The lowest BCUT2D eigenvalue weighted by Crippen LogP contribution is -2.13. The molecule has 0 fully saturated rings. The summed E-state index contributed by atoms with van der Waals surface area (Å²) in [5.74, 6) is -0.142. The highest BCUT2D eigenvalue weighted by Gasteiger charge is 2.12. The largest absolute Gasteiger partial charge is 0.378 e. The number of hydrogen-bond donors (Lipinski definition) is 1. The number of anilines is 2. The van der Waals surface area contributed by atoms with Crippen molar-refractivity contribution in [3.05, 3.63) is 84.7 Å². The number of pyridine rings is 1. The van der Waals surface area contributed by atoms with E-state index in [1.165, 1.54) is 0 Å². The maximum Gasteiger partial charge on any atom is 0.255 e. The molecule has 0 aliphatic heterocycles. The van der Waals surface area contributed by atoms with E-state index in [1.807, 2.05) is 103 Å². The van der Waals surface area contributed by atoms with Crippen LogP contribution in [-0.2, 0) is 0 Å². The smallest absolute Gasteiger partial charge is 0.255 e. The van der Waals surface area contributed by atoms with Crippen molar-refractivity contribution < 1.29 is 4.79 Å². The minimum atomic E-state index is -0.142. The van der Waals surface area contributed by atoms with Crippen LogP contribution in [0.3, 0.4) is 0 Å². The number of rotatable bonds is 4. The van der Waals surface area contributed by atoms with E-state index in [4.69, 9.17) is 0 Å². The Morgan fingerprint density at radius 2 is 1.70 bits per heavy atom. The van der Waals surface area contributed by atoms with Crippen LogP contribution in [-0.4, -0.2) is 29.4 Å². The Bertz CT molecular complexity index is 1060. The number of nitrogens with zero attached hydrogens (tertiary/aromatic N) is 3. The molecule has 0 aliphatic rings. The molecule has 27 heavy (non-hydrogen) atoms. The summed E-state index contributed by atoms with van der Waals surface area (Å²) in [5.41, 5.74) is 4.98. The molecule has 5 nitrogen and oxygen atoms in total. The second-order valence-corrected chi connectivity index (χ2v) is 6.53. The van der Waals surface area contributed by atoms with Crippen molar-refractivity contribution in [3.63, 3.8) is 0 Å². The van der Waals surface area contributed by atoms with Gasteiger partial charge in [-0.25, -0.2) is 4.98 Å². The third kappa shape index (κ3) is 3.40. The molecule has 1 N–H and O–H groups in total. The molecule has 2 aromatic heterocycles. The molecule has 0 aliphatic carbocycles. The Morgan fingerprint density at radius 3 is 2.44 bits per heavy atom. The lowest BCUT2D eigenvalue weighted by molar-refractivity contribution is 0.102. The van der Waals surface area contributed by atoms with Crippen LogP contribution in [0.4, 0.5) is 11.4 Å². The highest BCUT2D eigenvalue weighted by atomic mass is 16.1. The SMILES string of the molecule is CN(C)c1ccc(C(=O)Nc2ccccc2-c2cn3ccccc3n2)cc1. The Kier molecular flexibility index (Phi) is 4.34. The van der Waals surface area contributed by atoms with Gasteiger partial charge in [0, 0.05) is 43.3 Å². The van der Waals surface area contributed by atoms with Gasteiger partial charge in [-0.2, -0.15) is 0 Å². The first-order valence-corrected chi connectivity index (χ1v) is 8.74. The van der Waals surface area contributed by atoms with Crippen LogP contribution < -0.4 is 10.2 Å². The molecular formula is C22H20N4O. The lowest BCUT2D eigenvalue weighted by atomic mass is 10.1. The standard InChI is InChI=1S/C22H20N4O/c1-25(2)17-12-10-16(11-13-17)22(27)24-19-8-4-3-7-18(19)20-15-26-14-6-5-9-21(26)23-20/h3-15H,1-2H3,(H,24,27). The van der Waals surface area contributed by atoms with Crippen molar-refractivity contribution in [2.75, 3.05) is 24.3 Å². The Morgan fingerprint density at radius 1 is 0.963 bits per heavy atom. The molecule has 2 aromatic carbocycles. The highest BCUT2D eigenvalue weighted by Crippen LogP contribution is 2.28. The van der Waals surface area contributed by atoms with E-state index in [9.17, 15) is 4.79 Å². The molecule has 4 rings (SSSR count). The second kappa shape index (κ2) is 6.96. The molecule has 0 radical (unpaired) electrons. The van der Waals surface area contributed by atoms with Gasteiger partial charge in [-0.1, -0.05) is 24.3 Å². The second-order valence-electron chi connectivity index (χ2n) is 6.53. The zero-order chi connectivity index (χ0) is 18.8. The number of carbonyl (C=O) groups excluding carboxylic acids is 1. The van der Waals surface area contributed by atoms with Crippen LogP contribution in [0, 0.1) is 0 Å². The molecule has 134 valence electrons. The molecule has 1 amide bonds. The summed E-state index contributed by atoms with van der Waals surface area (Å²) in [6.07, 6.45) is 3.92. The highest BCUT2D eigenvalue weighted by molar-refractivity contribution is 6.06. The zero-order valence-corrected chi connectivity index (χ0v) is 15.3. The first kappa shape index (κ1) is 16.8. The number of amides is 1.